The van der Waals surface area contributed by atoms with Gasteiger partial charge in [-0.3, -0.25) is 0 Å². The van der Waals surface area contributed by atoms with Crippen molar-refractivity contribution >= 4 is 28.4 Å². The fourth-order valence-corrected chi connectivity index (χ4v) is 0.595. The molecule has 0 aromatic heterocycles. The molecule has 11 heavy (non-hydrogen) atoms. The molecular weight excluding hydrogens is 270 g/mol. The molecule has 0 bridgehead atoms. The summed E-state index contributed by atoms with van der Waals surface area (Å²) >= 11 is 4.50. The van der Waals surface area contributed by atoms with Gasteiger partial charge in [-0.15, -0.1) is 0 Å². The van der Waals surface area contributed by atoms with Gasteiger partial charge in [0.25, 0.3) is 0 Å². The molecule has 0 aliphatic heterocycles. The van der Waals surface area contributed by atoms with Crippen LogP contribution in [0.4, 0.5) is 0 Å². The third kappa shape index (κ3) is 18.2. The van der Waals surface area contributed by atoms with Crippen molar-refractivity contribution in [3.05, 3.63) is 0 Å². The SMILES string of the molecule is CCCCOCCCC.[SeH][SeH]. The average Bonchev–Trinajstić information content (AvgIpc) is 2.08. The molecule has 0 N–H and O–H groups in total. The molecule has 0 amide bonds. The number of rotatable bonds is 6. The van der Waals surface area contributed by atoms with Gasteiger partial charge in [0.15, 0.2) is 0 Å². The van der Waals surface area contributed by atoms with Gasteiger partial charge >= 0.3 is 28.4 Å². The number of unbranched alkanes of at least 4 members (excludes halogenated alkanes) is 2. The van der Waals surface area contributed by atoms with E-state index in [1.807, 2.05) is 0 Å². The van der Waals surface area contributed by atoms with Crippen LogP contribution in [0.1, 0.15) is 39.5 Å². The van der Waals surface area contributed by atoms with E-state index in [1.165, 1.54) is 25.7 Å². The summed E-state index contributed by atoms with van der Waals surface area (Å²) in [6.45, 7) is 6.28. The van der Waals surface area contributed by atoms with Crippen LogP contribution in [-0.2, 0) is 4.74 Å². The molecule has 0 aliphatic rings. The van der Waals surface area contributed by atoms with Crippen LogP contribution in [0.25, 0.3) is 0 Å². The molecule has 0 radical (unpaired) electrons. The Balaban J connectivity index is 0. The summed E-state index contributed by atoms with van der Waals surface area (Å²) in [5.74, 6) is 0. The molecule has 0 aromatic rings. The Labute approximate surface area is 85.8 Å². The molecule has 0 rings (SSSR count). The zero-order chi connectivity index (χ0) is 8.95. The van der Waals surface area contributed by atoms with Gasteiger partial charge < -0.3 is 4.74 Å². The molecule has 0 saturated carbocycles. The van der Waals surface area contributed by atoms with Crippen molar-refractivity contribution in [2.45, 2.75) is 39.5 Å². The average molecular weight is 290 g/mol. The van der Waals surface area contributed by atoms with Crippen molar-refractivity contribution in [1.29, 1.82) is 0 Å². The summed E-state index contributed by atoms with van der Waals surface area (Å²) in [5.41, 5.74) is 0. The minimum absolute atomic E-state index is 0.955. The van der Waals surface area contributed by atoms with Crippen LogP contribution in [0.2, 0.25) is 0 Å². The van der Waals surface area contributed by atoms with E-state index in [0.29, 0.717) is 0 Å². The van der Waals surface area contributed by atoms with Crippen LogP contribution in [-0.4, -0.2) is 41.6 Å². The molecule has 0 aliphatic carbocycles. The standard InChI is InChI=1S/C8H18O.H2Se2/c1-3-5-7-9-8-6-4-2;1-2/h3-8H2,1-2H3;1-2H. The van der Waals surface area contributed by atoms with Crippen molar-refractivity contribution < 1.29 is 4.74 Å². The van der Waals surface area contributed by atoms with E-state index >= 15 is 0 Å². The van der Waals surface area contributed by atoms with Crippen LogP contribution in [0.5, 0.6) is 0 Å². The minimum atomic E-state index is 0.955. The zero-order valence-electron chi connectivity index (χ0n) is 7.55. The molecular formula is C8H20OSe2. The number of hydrogen-bond acceptors (Lipinski definition) is 1. The molecule has 0 fully saturated rings. The van der Waals surface area contributed by atoms with Crippen LogP contribution >= 0.6 is 0 Å². The molecule has 0 heterocycles. The van der Waals surface area contributed by atoms with E-state index in [2.05, 4.69) is 42.2 Å². The molecule has 0 saturated heterocycles. The van der Waals surface area contributed by atoms with Crippen LogP contribution in [0.15, 0.2) is 0 Å². The van der Waals surface area contributed by atoms with Gasteiger partial charge in [0.2, 0.25) is 0 Å². The predicted octanol–water partition coefficient (Wildman–Crippen LogP) is 1.31. The first-order valence-corrected chi connectivity index (χ1v) is 9.39. The predicted molar refractivity (Wildman–Crippen MR) is 54.9 cm³/mol. The van der Waals surface area contributed by atoms with Crippen LogP contribution in [0.3, 0.4) is 0 Å². The molecule has 0 aromatic carbocycles. The molecule has 0 atom stereocenters. The summed E-state index contributed by atoms with van der Waals surface area (Å²) in [6, 6.07) is 0. The zero-order valence-corrected chi connectivity index (χ0v) is 11.3. The van der Waals surface area contributed by atoms with Crippen molar-refractivity contribution in [2.75, 3.05) is 13.2 Å². The summed E-state index contributed by atoms with van der Waals surface area (Å²) in [7, 11) is 0. The Morgan fingerprint density at radius 2 is 1.27 bits per heavy atom. The first-order valence-electron chi connectivity index (χ1n) is 4.19. The normalized spacial score (nSPS) is 8.73. The molecule has 0 unspecified atom stereocenters. The quantitative estimate of drug-likeness (QED) is 0.529. The third-order valence-electron chi connectivity index (χ3n) is 1.28. The van der Waals surface area contributed by atoms with E-state index < -0.39 is 0 Å². The Morgan fingerprint density at radius 1 is 0.909 bits per heavy atom. The first kappa shape index (κ1) is 14.5. The van der Waals surface area contributed by atoms with Crippen molar-refractivity contribution in [2.24, 2.45) is 0 Å². The van der Waals surface area contributed by atoms with Crippen molar-refractivity contribution in [3.8, 4) is 0 Å². The molecule has 1 nitrogen and oxygen atoms in total. The van der Waals surface area contributed by atoms with Crippen molar-refractivity contribution in [3.63, 3.8) is 0 Å². The van der Waals surface area contributed by atoms with E-state index in [-0.39, 0.29) is 0 Å². The topological polar surface area (TPSA) is 9.23 Å². The van der Waals surface area contributed by atoms with Crippen molar-refractivity contribution in [1.82, 2.24) is 0 Å². The number of hydrogen-bond donors (Lipinski definition) is 0. The van der Waals surface area contributed by atoms with E-state index in [0.717, 1.165) is 13.2 Å². The van der Waals surface area contributed by atoms with Gasteiger partial charge in [-0.2, -0.15) is 0 Å². The van der Waals surface area contributed by atoms with Crippen LogP contribution < -0.4 is 0 Å². The molecule has 3 heteroatoms. The number of ether oxygens (including phenoxy) is 1. The summed E-state index contributed by atoms with van der Waals surface area (Å²) < 4.78 is 5.31. The van der Waals surface area contributed by atoms with E-state index in [4.69, 9.17) is 4.74 Å². The molecule has 70 valence electrons. The third-order valence-corrected chi connectivity index (χ3v) is 1.28. The van der Waals surface area contributed by atoms with Gasteiger partial charge in [0, 0.05) is 13.2 Å². The second kappa shape index (κ2) is 17.2. The Bertz CT molecular complexity index is 45.4. The van der Waals surface area contributed by atoms with Gasteiger partial charge in [-0.1, -0.05) is 26.7 Å². The second-order valence-corrected chi connectivity index (χ2v) is 2.32. The Hall–Kier alpha value is 0.999. The Morgan fingerprint density at radius 3 is 1.55 bits per heavy atom. The van der Waals surface area contributed by atoms with Gasteiger partial charge in [0.05, 0.1) is 0 Å². The van der Waals surface area contributed by atoms with Gasteiger partial charge in [0.1, 0.15) is 0 Å². The monoisotopic (exact) mass is 292 g/mol. The summed E-state index contributed by atoms with van der Waals surface area (Å²) in [6.07, 6.45) is 4.91. The van der Waals surface area contributed by atoms with E-state index in [9.17, 15) is 0 Å². The maximum atomic E-state index is 5.31. The second-order valence-electron chi connectivity index (χ2n) is 2.32. The molecule has 0 spiro atoms. The summed E-state index contributed by atoms with van der Waals surface area (Å²) in [4.78, 5) is 0. The Kier molecular flexibility index (Phi) is 22.7. The first-order chi connectivity index (χ1) is 5.41. The van der Waals surface area contributed by atoms with E-state index in [1.54, 1.807) is 0 Å². The fraction of sp³-hybridized carbons (Fsp3) is 1.00. The fourth-order valence-electron chi connectivity index (χ4n) is 0.595. The van der Waals surface area contributed by atoms with Crippen LogP contribution in [0, 0.1) is 0 Å². The maximum absolute atomic E-state index is 5.31. The summed E-state index contributed by atoms with van der Waals surface area (Å²) in [5, 5.41) is 0. The van der Waals surface area contributed by atoms with Gasteiger partial charge in [-0.25, -0.2) is 0 Å². The van der Waals surface area contributed by atoms with Gasteiger partial charge in [-0.05, 0) is 12.8 Å².